The second-order valence-corrected chi connectivity index (χ2v) is 9.52. The number of thioether (sulfide) groups is 2. The van der Waals surface area contributed by atoms with Crippen molar-refractivity contribution >= 4 is 45.9 Å². The van der Waals surface area contributed by atoms with Crippen LogP contribution in [0.25, 0.3) is 10.6 Å². The number of rotatable bonds is 4. The lowest BCUT2D eigenvalue weighted by Crippen LogP contribution is -2.11. The van der Waals surface area contributed by atoms with Crippen molar-refractivity contribution in [2.24, 2.45) is 0 Å². The topological polar surface area (TPSA) is 54.9 Å². The third kappa shape index (κ3) is 3.79. The minimum Gasteiger partial charge on any atom is -0.298 e. The molecular formula is C19H17N3OS3. The molecule has 1 saturated heterocycles. The van der Waals surface area contributed by atoms with Gasteiger partial charge in [-0.2, -0.15) is 0 Å². The molecule has 3 heterocycles. The van der Waals surface area contributed by atoms with Crippen LogP contribution >= 0.6 is 34.9 Å². The Balaban J connectivity index is 1.48. The van der Waals surface area contributed by atoms with E-state index in [9.17, 15) is 4.79 Å². The van der Waals surface area contributed by atoms with Crippen molar-refractivity contribution in [3.05, 3.63) is 65.5 Å². The van der Waals surface area contributed by atoms with Gasteiger partial charge in [-0.1, -0.05) is 29.5 Å². The van der Waals surface area contributed by atoms with Gasteiger partial charge in [0.2, 0.25) is 0 Å². The van der Waals surface area contributed by atoms with Crippen LogP contribution in [0.15, 0.2) is 48.7 Å². The summed E-state index contributed by atoms with van der Waals surface area (Å²) in [5, 5.41) is 3.50. The van der Waals surface area contributed by atoms with Crippen LogP contribution in [-0.2, 0) is 0 Å². The van der Waals surface area contributed by atoms with Crippen molar-refractivity contribution in [3.8, 4) is 10.6 Å². The fraction of sp³-hybridized carbons (Fsp3) is 0.211. The van der Waals surface area contributed by atoms with E-state index < -0.39 is 0 Å². The van der Waals surface area contributed by atoms with Gasteiger partial charge < -0.3 is 0 Å². The zero-order valence-corrected chi connectivity index (χ0v) is 16.6. The summed E-state index contributed by atoms with van der Waals surface area (Å²) in [6.45, 7) is 1.93. The molecule has 0 radical (unpaired) electrons. The Bertz CT molecular complexity index is 904. The SMILES string of the molecule is Cc1nc(NC(=O)c2ccc(C3SCCS3)cc2)sc1-c1ccccn1. The van der Waals surface area contributed by atoms with E-state index in [0.717, 1.165) is 16.3 Å². The molecule has 132 valence electrons. The lowest BCUT2D eigenvalue weighted by atomic mass is 10.1. The van der Waals surface area contributed by atoms with Crippen LogP contribution in [0.3, 0.4) is 0 Å². The normalized spacial score (nSPS) is 14.5. The van der Waals surface area contributed by atoms with E-state index in [4.69, 9.17) is 0 Å². The number of anilines is 1. The van der Waals surface area contributed by atoms with Crippen LogP contribution in [0, 0.1) is 6.92 Å². The lowest BCUT2D eigenvalue weighted by molar-refractivity contribution is 0.102. The maximum Gasteiger partial charge on any atom is 0.257 e. The number of nitrogens with one attached hydrogen (secondary N) is 1. The fourth-order valence-electron chi connectivity index (χ4n) is 2.70. The molecule has 0 bridgehead atoms. The monoisotopic (exact) mass is 399 g/mol. The van der Waals surface area contributed by atoms with Crippen molar-refractivity contribution in [2.75, 3.05) is 16.8 Å². The molecule has 1 amide bonds. The van der Waals surface area contributed by atoms with Crippen LogP contribution in [0.1, 0.15) is 26.2 Å². The molecule has 1 aliphatic heterocycles. The maximum absolute atomic E-state index is 12.5. The molecule has 0 saturated carbocycles. The van der Waals surface area contributed by atoms with E-state index in [2.05, 4.69) is 27.4 Å². The minimum absolute atomic E-state index is 0.135. The second kappa shape index (κ2) is 7.82. The molecule has 2 aromatic heterocycles. The largest absolute Gasteiger partial charge is 0.298 e. The highest BCUT2D eigenvalue weighted by Gasteiger charge is 2.19. The molecule has 1 N–H and O–H groups in total. The number of benzene rings is 1. The number of carbonyl (C=O) groups is 1. The van der Waals surface area contributed by atoms with E-state index in [1.54, 1.807) is 6.20 Å². The van der Waals surface area contributed by atoms with Gasteiger partial charge in [-0.15, -0.1) is 23.5 Å². The molecule has 0 atom stereocenters. The molecular weight excluding hydrogens is 382 g/mol. The van der Waals surface area contributed by atoms with E-state index in [0.29, 0.717) is 15.3 Å². The number of amides is 1. The Hall–Kier alpha value is -1.83. The van der Waals surface area contributed by atoms with Crippen molar-refractivity contribution in [1.29, 1.82) is 0 Å². The number of carbonyl (C=O) groups excluding carboxylic acids is 1. The van der Waals surface area contributed by atoms with Crippen LogP contribution in [-0.4, -0.2) is 27.4 Å². The fourth-order valence-corrected chi connectivity index (χ4v) is 6.49. The third-order valence-electron chi connectivity index (χ3n) is 3.98. The van der Waals surface area contributed by atoms with E-state index in [1.165, 1.54) is 28.4 Å². The van der Waals surface area contributed by atoms with E-state index in [-0.39, 0.29) is 5.91 Å². The van der Waals surface area contributed by atoms with Gasteiger partial charge in [0, 0.05) is 23.3 Å². The van der Waals surface area contributed by atoms with Gasteiger partial charge in [0.05, 0.1) is 20.8 Å². The number of hydrogen-bond acceptors (Lipinski definition) is 6. The van der Waals surface area contributed by atoms with Gasteiger partial charge in [0.1, 0.15) is 0 Å². The number of pyridine rings is 1. The number of hydrogen-bond donors (Lipinski definition) is 1. The molecule has 1 fully saturated rings. The van der Waals surface area contributed by atoms with Crippen LogP contribution in [0.4, 0.5) is 5.13 Å². The van der Waals surface area contributed by atoms with Crippen LogP contribution < -0.4 is 5.32 Å². The number of thiazole rings is 1. The van der Waals surface area contributed by atoms with Crippen molar-refractivity contribution in [3.63, 3.8) is 0 Å². The first-order chi connectivity index (χ1) is 12.7. The van der Waals surface area contributed by atoms with Gasteiger partial charge in [-0.05, 0) is 36.8 Å². The molecule has 4 nitrogen and oxygen atoms in total. The summed E-state index contributed by atoms with van der Waals surface area (Å²) in [6.07, 6.45) is 1.76. The first-order valence-electron chi connectivity index (χ1n) is 8.24. The van der Waals surface area contributed by atoms with Gasteiger partial charge in [0.15, 0.2) is 5.13 Å². The van der Waals surface area contributed by atoms with Crippen molar-refractivity contribution in [1.82, 2.24) is 9.97 Å². The predicted molar refractivity (Wildman–Crippen MR) is 112 cm³/mol. The molecule has 1 aliphatic rings. The number of nitrogens with zero attached hydrogens (tertiary/aromatic N) is 2. The Morgan fingerprint density at radius 3 is 2.58 bits per heavy atom. The average molecular weight is 400 g/mol. The Labute approximate surface area is 164 Å². The molecule has 26 heavy (non-hydrogen) atoms. The Morgan fingerprint density at radius 1 is 1.12 bits per heavy atom. The van der Waals surface area contributed by atoms with Crippen LogP contribution in [0.5, 0.6) is 0 Å². The Morgan fingerprint density at radius 2 is 1.88 bits per heavy atom. The van der Waals surface area contributed by atoms with E-state index in [1.807, 2.05) is 60.8 Å². The maximum atomic E-state index is 12.5. The number of aromatic nitrogens is 2. The summed E-state index contributed by atoms with van der Waals surface area (Å²) < 4.78 is 0.495. The third-order valence-corrected chi connectivity index (χ3v) is 8.18. The standard InChI is InChI=1S/C19H17N3OS3/c1-12-16(15-4-2-3-9-20-15)26-19(21-12)22-17(23)13-5-7-14(8-6-13)18-24-10-11-25-18/h2-9,18H,10-11H2,1H3,(H,21,22,23). The zero-order chi connectivity index (χ0) is 17.9. The summed E-state index contributed by atoms with van der Waals surface area (Å²) in [7, 11) is 0. The lowest BCUT2D eigenvalue weighted by Gasteiger charge is -2.09. The molecule has 1 aromatic carbocycles. The predicted octanol–water partition coefficient (Wildman–Crippen LogP) is 5.24. The number of aryl methyl sites for hydroxylation is 1. The van der Waals surface area contributed by atoms with Gasteiger partial charge >= 0.3 is 0 Å². The highest BCUT2D eigenvalue weighted by molar-refractivity contribution is 8.19. The summed E-state index contributed by atoms with van der Waals surface area (Å²) in [4.78, 5) is 22.3. The first-order valence-corrected chi connectivity index (χ1v) is 11.2. The zero-order valence-electron chi connectivity index (χ0n) is 14.1. The summed E-state index contributed by atoms with van der Waals surface area (Å²) in [5.41, 5.74) is 3.67. The molecule has 0 unspecified atom stereocenters. The minimum atomic E-state index is -0.135. The van der Waals surface area contributed by atoms with Gasteiger partial charge in [-0.25, -0.2) is 4.98 Å². The summed E-state index contributed by atoms with van der Waals surface area (Å²) in [6, 6.07) is 13.7. The van der Waals surface area contributed by atoms with E-state index >= 15 is 0 Å². The molecule has 0 spiro atoms. The van der Waals surface area contributed by atoms with Crippen molar-refractivity contribution in [2.45, 2.75) is 11.5 Å². The van der Waals surface area contributed by atoms with Crippen molar-refractivity contribution < 1.29 is 4.79 Å². The van der Waals surface area contributed by atoms with Gasteiger partial charge in [-0.3, -0.25) is 15.1 Å². The highest BCUT2D eigenvalue weighted by atomic mass is 32.2. The average Bonchev–Trinajstić information content (AvgIpc) is 3.32. The Kier molecular flexibility index (Phi) is 5.28. The quantitative estimate of drug-likeness (QED) is 0.650. The van der Waals surface area contributed by atoms with Crippen LogP contribution in [0.2, 0.25) is 0 Å². The summed E-state index contributed by atoms with van der Waals surface area (Å²) >= 11 is 5.37. The first kappa shape index (κ1) is 17.6. The molecule has 3 aromatic rings. The molecule has 7 heteroatoms. The molecule has 0 aliphatic carbocycles. The second-order valence-electron chi connectivity index (χ2n) is 5.80. The molecule has 4 rings (SSSR count). The van der Waals surface area contributed by atoms with Gasteiger partial charge in [0.25, 0.3) is 5.91 Å². The smallest absolute Gasteiger partial charge is 0.257 e. The highest BCUT2D eigenvalue weighted by Crippen LogP contribution is 2.45. The summed E-state index contributed by atoms with van der Waals surface area (Å²) in [5.74, 6) is 2.25.